The van der Waals surface area contributed by atoms with E-state index in [0.29, 0.717) is 13.0 Å². The maximum atomic E-state index is 13.1. The quantitative estimate of drug-likeness (QED) is 0.762. The number of amides is 2. The van der Waals surface area contributed by atoms with Crippen LogP contribution in [-0.2, 0) is 9.59 Å². The molecule has 4 aliphatic carbocycles. The summed E-state index contributed by atoms with van der Waals surface area (Å²) in [6, 6.07) is 7.85. The average Bonchev–Trinajstić information content (AvgIpc) is 3.22. The first-order valence-electron chi connectivity index (χ1n) is 12.5. The number of carbonyl (C=O) groups is 2. The number of piperidine rings is 1. The van der Waals surface area contributed by atoms with Crippen molar-refractivity contribution < 1.29 is 14.0 Å². The molecule has 0 spiro atoms. The van der Waals surface area contributed by atoms with Crippen molar-refractivity contribution in [2.75, 3.05) is 19.6 Å². The number of benzene rings is 1. The smallest absolute Gasteiger partial charge is 0.226 e. The lowest BCUT2D eigenvalue weighted by atomic mass is 9.49. The first-order chi connectivity index (χ1) is 15.6. The van der Waals surface area contributed by atoms with Crippen LogP contribution in [0.15, 0.2) is 28.7 Å². The average molecular weight is 436 g/mol. The molecule has 6 heteroatoms. The third kappa shape index (κ3) is 3.61. The molecule has 4 saturated carbocycles. The van der Waals surface area contributed by atoms with Gasteiger partial charge in [0.25, 0.3) is 0 Å². The number of fused-ring (bicyclic) bond motifs is 1. The number of rotatable bonds is 5. The number of carbonyl (C=O) groups excluding carboxylic acids is 2. The molecule has 2 heterocycles. The second kappa shape index (κ2) is 7.89. The lowest BCUT2D eigenvalue weighted by Crippen LogP contribution is -2.53. The molecule has 1 N–H and O–H groups in total. The maximum Gasteiger partial charge on any atom is 0.226 e. The number of para-hydroxylation sites is 2. The van der Waals surface area contributed by atoms with E-state index in [4.69, 9.17) is 4.42 Å². The topological polar surface area (TPSA) is 75.4 Å². The Labute approximate surface area is 189 Å². The maximum absolute atomic E-state index is 13.1. The molecule has 6 nitrogen and oxygen atoms in total. The summed E-state index contributed by atoms with van der Waals surface area (Å²) in [6.45, 7) is 1.92. The van der Waals surface area contributed by atoms with Gasteiger partial charge in [-0.1, -0.05) is 12.1 Å². The monoisotopic (exact) mass is 435 g/mol. The zero-order chi connectivity index (χ0) is 21.7. The van der Waals surface area contributed by atoms with Crippen LogP contribution in [0.5, 0.6) is 0 Å². The summed E-state index contributed by atoms with van der Waals surface area (Å²) in [5.41, 5.74) is 1.60. The summed E-state index contributed by atoms with van der Waals surface area (Å²) < 4.78 is 5.93. The molecule has 4 bridgehead atoms. The molecule has 7 rings (SSSR count). The molecule has 0 atom stereocenters. The third-order valence-corrected chi connectivity index (χ3v) is 8.65. The third-order valence-electron chi connectivity index (χ3n) is 8.65. The zero-order valence-corrected chi connectivity index (χ0v) is 18.7. The van der Waals surface area contributed by atoms with Gasteiger partial charge in [-0.15, -0.1) is 0 Å². The molecule has 2 amide bonds. The van der Waals surface area contributed by atoms with Gasteiger partial charge in [0.05, 0.1) is 0 Å². The summed E-state index contributed by atoms with van der Waals surface area (Å²) in [6.07, 6.45) is 9.37. The minimum atomic E-state index is -0.129. The van der Waals surface area contributed by atoms with E-state index >= 15 is 0 Å². The van der Waals surface area contributed by atoms with E-state index in [2.05, 4.69) is 10.3 Å². The van der Waals surface area contributed by atoms with Crippen LogP contribution in [0.1, 0.15) is 69.6 Å². The van der Waals surface area contributed by atoms with Crippen molar-refractivity contribution in [2.24, 2.45) is 23.2 Å². The first kappa shape index (κ1) is 20.3. The van der Waals surface area contributed by atoms with E-state index in [1.165, 1.54) is 19.3 Å². The number of nitrogens with zero attached hydrogens (tertiary/aromatic N) is 2. The van der Waals surface area contributed by atoms with Crippen LogP contribution in [0.2, 0.25) is 0 Å². The molecule has 2 aromatic rings. The van der Waals surface area contributed by atoms with Gasteiger partial charge in [-0.05, 0) is 81.3 Å². The van der Waals surface area contributed by atoms with Crippen LogP contribution in [0.3, 0.4) is 0 Å². The van der Waals surface area contributed by atoms with Gasteiger partial charge in [-0.3, -0.25) is 9.59 Å². The molecule has 0 radical (unpaired) electrons. The number of aromatic nitrogens is 1. The fourth-order valence-electron chi connectivity index (χ4n) is 7.46. The summed E-state index contributed by atoms with van der Waals surface area (Å²) in [5, 5.41) is 3.15. The van der Waals surface area contributed by atoms with Crippen molar-refractivity contribution in [1.29, 1.82) is 0 Å². The Morgan fingerprint density at radius 2 is 1.69 bits per heavy atom. The molecule has 32 heavy (non-hydrogen) atoms. The molecular weight excluding hydrogens is 402 g/mol. The molecule has 1 saturated heterocycles. The van der Waals surface area contributed by atoms with Crippen molar-refractivity contribution in [3.8, 4) is 0 Å². The Hall–Kier alpha value is -2.37. The predicted molar refractivity (Wildman–Crippen MR) is 121 cm³/mol. The molecule has 5 aliphatic rings. The number of oxazole rings is 1. The van der Waals surface area contributed by atoms with Crippen LogP contribution in [-0.4, -0.2) is 41.3 Å². The van der Waals surface area contributed by atoms with Gasteiger partial charge in [0.2, 0.25) is 11.8 Å². The van der Waals surface area contributed by atoms with Crippen LogP contribution in [0.25, 0.3) is 11.1 Å². The highest BCUT2D eigenvalue weighted by Crippen LogP contribution is 2.60. The SMILES string of the molecule is O=C(CCNC(=O)C12CC3CC(CC(C3)C1)C2)N1CCC(c2nc3ccccc3o2)CC1. The van der Waals surface area contributed by atoms with Gasteiger partial charge < -0.3 is 14.6 Å². The molecule has 1 aromatic heterocycles. The lowest BCUT2D eigenvalue weighted by molar-refractivity contribution is -0.146. The standard InChI is InChI=1S/C26H33N3O3/c30-23(5-8-27-25(31)26-14-17-11-18(15-26)13-19(12-17)16-26)29-9-6-20(7-10-29)24-28-21-3-1-2-4-22(21)32-24/h1-4,17-20H,5-16H2,(H,27,31). The normalized spacial score (nSPS) is 31.9. The summed E-state index contributed by atoms with van der Waals surface area (Å²) in [7, 11) is 0. The number of likely N-dealkylation sites (tertiary alicyclic amines) is 1. The van der Waals surface area contributed by atoms with Crippen LogP contribution in [0.4, 0.5) is 0 Å². The highest BCUT2D eigenvalue weighted by Gasteiger charge is 2.54. The molecule has 1 aromatic carbocycles. The van der Waals surface area contributed by atoms with E-state index in [1.807, 2.05) is 29.2 Å². The van der Waals surface area contributed by atoms with Gasteiger partial charge in [-0.25, -0.2) is 4.98 Å². The minimum absolute atomic E-state index is 0.129. The van der Waals surface area contributed by atoms with Crippen LogP contribution >= 0.6 is 0 Å². The van der Waals surface area contributed by atoms with Gasteiger partial charge in [0.1, 0.15) is 5.52 Å². The van der Waals surface area contributed by atoms with Crippen LogP contribution in [0, 0.1) is 23.2 Å². The van der Waals surface area contributed by atoms with Crippen molar-refractivity contribution in [2.45, 2.75) is 63.7 Å². The Morgan fingerprint density at radius 1 is 1.03 bits per heavy atom. The van der Waals surface area contributed by atoms with Crippen molar-refractivity contribution in [1.82, 2.24) is 15.2 Å². The summed E-state index contributed by atoms with van der Waals surface area (Å²) >= 11 is 0. The summed E-state index contributed by atoms with van der Waals surface area (Å²) in [5.74, 6) is 3.71. The Bertz CT molecular complexity index is 952. The van der Waals surface area contributed by atoms with Crippen molar-refractivity contribution >= 4 is 22.9 Å². The Kier molecular flexibility index (Phi) is 4.99. The van der Waals surface area contributed by atoms with Gasteiger partial charge >= 0.3 is 0 Å². The second-order valence-corrected chi connectivity index (χ2v) is 10.9. The van der Waals surface area contributed by atoms with Crippen LogP contribution < -0.4 is 5.32 Å². The Balaban J connectivity index is 0.981. The molecule has 170 valence electrons. The first-order valence-corrected chi connectivity index (χ1v) is 12.5. The lowest BCUT2D eigenvalue weighted by Gasteiger charge is -2.55. The van der Waals surface area contributed by atoms with Gasteiger partial charge in [0, 0.05) is 37.4 Å². The highest BCUT2D eigenvalue weighted by atomic mass is 16.3. The van der Waals surface area contributed by atoms with Gasteiger partial charge in [-0.2, -0.15) is 0 Å². The van der Waals surface area contributed by atoms with Crippen molar-refractivity contribution in [3.63, 3.8) is 0 Å². The zero-order valence-electron chi connectivity index (χ0n) is 18.7. The molecule has 5 fully saturated rings. The fourth-order valence-corrected chi connectivity index (χ4v) is 7.46. The molecular formula is C26H33N3O3. The Morgan fingerprint density at radius 3 is 2.34 bits per heavy atom. The molecule has 0 unspecified atom stereocenters. The predicted octanol–water partition coefficient (Wildman–Crippen LogP) is 4.26. The van der Waals surface area contributed by atoms with E-state index < -0.39 is 0 Å². The summed E-state index contributed by atoms with van der Waals surface area (Å²) in [4.78, 5) is 32.4. The van der Waals surface area contributed by atoms with E-state index in [1.54, 1.807) is 0 Å². The van der Waals surface area contributed by atoms with E-state index in [-0.39, 0.29) is 23.1 Å². The van der Waals surface area contributed by atoms with Gasteiger partial charge in [0.15, 0.2) is 11.5 Å². The van der Waals surface area contributed by atoms with E-state index in [9.17, 15) is 9.59 Å². The number of hydrogen-bond donors (Lipinski definition) is 1. The van der Waals surface area contributed by atoms with E-state index in [0.717, 1.165) is 79.9 Å². The highest BCUT2D eigenvalue weighted by molar-refractivity contribution is 5.84. The largest absolute Gasteiger partial charge is 0.440 e. The minimum Gasteiger partial charge on any atom is -0.440 e. The second-order valence-electron chi connectivity index (χ2n) is 10.9. The molecule has 1 aliphatic heterocycles. The van der Waals surface area contributed by atoms with Crippen molar-refractivity contribution in [3.05, 3.63) is 30.2 Å². The number of hydrogen-bond acceptors (Lipinski definition) is 4. The number of nitrogens with one attached hydrogen (secondary N) is 1. The fraction of sp³-hybridized carbons (Fsp3) is 0.654.